The molecule has 1 amide bonds. The molecule has 1 aliphatic heterocycles. The molecule has 24 heavy (non-hydrogen) atoms. The fourth-order valence-corrected chi connectivity index (χ4v) is 2.30. The Kier molecular flexibility index (Phi) is 7.32. The lowest BCUT2D eigenvalue weighted by Gasteiger charge is -2.36. The van der Waals surface area contributed by atoms with E-state index in [1.807, 2.05) is 25.7 Å². The van der Waals surface area contributed by atoms with E-state index in [4.69, 9.17) is 15.2 Å². The molecule has 0 radical (unpaired) electrons. The van der Waals surface area contributed by atoms with Crippen LogP contribution in [0.3, 0.4) is 0 Å². The molecule has 0 bridgehead atoms. The van der Waals surface area contributed by atoms with Crippen LogP contribution in [-0.4, -0.2) is 73.9 Å². The molecule has 7 heteroatoms. The molecule has 7 nitrogen and oxygen atoms in total. The molecular formula is C17H34N4O3. The largest absolute Gasteiger partial charge is 0.444 e. The molecule has 1 heterocycles. The summed E-state index contributed by atoms with van der Waals surface area (Å²) in [5.74, 6) is 0.546. The second-order valence-corrected chi connectivity index (χ2v) is 8.04. The molecule has 1 aliphatic rings. The van der Waals surface area contributed by atoms with Gasteiger partial charge in [0.15, 0.2) is 5.96 Å². The van der Waals surface area contributed by atoms with Crippen molar-refractivity contribution in [2.24, 2.45) is 16.1 Å². The van der Waals surface area contributed by atoms with Gasteiger partial charge in [0.2, 0.25) is 0 Å². The van der Waals surface area contributed by atoms with Crippen LogP contribution in [0, 0.1) is 5.41 Å². The number of hydrogen-bond donors (Lipinski definition) is 1. The average molecular weight is 342 g/mol. The molecule has 0 aromatic heterocycles. The second kappa shape index (κ2) is 8.55. The minimum absolute atomic E-state index is 0.0545. The number of hydrogen-bond acceptors (Lipinski definition) is 4. The summed E-state index contributed by atoms with van der Waals surface area (Å²) in [4.78, 5) is 20.3. The van der Waals surface area contributed by atoms with Crippen molar-refractivity contribution < 1.29 is 14.3 Å². The summed E-state index contributed by atoms with van der Waals surface area (Å²) in [6.45, 7) is 13.8. The number of nitrogens with two attached hydrogens (primary N) is 1. The van der Waals surface area contributed by atoms with Gasteiger partial charge < -0.3 is 25.0 Å². The Bertz CT molecular complexity index is 436. The van der Waals surface area contributed by atoms with E-state index < -0.39 is 5.60 Å². The molecule has 0 aromatic carbocycles. The van der Waals surface area contributed by atoms with Crippen LogP contribution in [0.4, 0.5) is 4.79 Å². The third-order valence-corrected chi connectivity index (χ3v) is 3.91. The Labute approximate surface area is 146 Å². The quantitative estimate of drug-likeness (QED) is 0.610. The number of amides is 1. The summed E-state index contributed by atoms with van der Waals surface area (Å²) in [7, 11) is 1.71. The predicted molar refractivity (Wildman–Crippen MR) is 96.1 cm³/mol. The minimum atomic E-state index is -0.470. The Balaban J connectivity index is 2.46. The maximum atomic E-state index is 12.1. The van der Waals surface area contributed by atoms with Crippen molar-refractivity contribution in [1.29, 1.82) is 0 Å². The molecule has 0 aromatic rings. The maximum absolute atomic E-state index is 12.1. The smallest absolute Gasteiger partial charge is 0.410 e. The zero-order valence-corrected chi connectivity index (χ0v) is 16.1. The van der Waals surface area contributed by atoms with Gasteiger partial charge in [-0.2, -0.15) is 0 Å². The second-order valence-electron chi connectivity index (χ2n) is 8.04. The Hall–Kier alpha value is -1.50. The van der Waals surface area contributed by atoms with Gasteiger partial charge >= 0.3 is 6.09 Å². The van der Waals surface area contributed by atoms with Gasteiger partial charge in [0.05, 0.1) is 0 Å². The van der Waals surface area contributed by atoms with E-state index in [0.717, 1.165) is 13.0 Å². The summed E-state index contributed by atoms with van der Waals surface area (Å²) in [5.41, 5.74) is 5.70. The van der Waals surface area contributed by atoms with Crippen LogP contribution < -0.4 is 5.73 Å². The van der Waals surface area contributed by atoms with E-state index in [1.165, 1.54) is 0 Å². The predicted octanol–water partition coefficient (Wildman–Crippen LogP) is 1.92. The first-order chi connectivity index (χ1) is 11.0. The molecule has 1 rings (SSSR count). The van der Waals surface area contributed by atoms with Crippen LogP contribution in [0.5, 0.6) is 0 Å². The van der Waals surface area contributed by atoms with Crippen LogP contribution in [-0.2, 0) is 9.47 Å². The molecule has 0 spiro atoms. The lowest BCUT2D eigenvalue weighted by molar-refractivity contribution is 0.0186. The summed E-state index contributed by atoms with van der Waals surface area (Å²) in [6, 6.07) is 0. The number of aliphatic imine (C=N–C) groups is 1. The van der Waals surface area contributed by atoms with E-state index in [0.29, 0.717) is 38.7 Å². The number of guanidine groups is 1. The van der Waals surface area contributed by atoms with Crippen LogP contribution in [0.25, 0.3) is 0 Å². The van der Waals surface area contributed by atoms with Crippen molar-refractivity contribution in [1.82, 2.24) is 9.80 Å². The van der Waals surface area contributed by atoms with Gasteiger partial charge in [-0.05, 0) is 32.6 Å². The Morgan fingerprint density at radius 3 is 2.12 bits per heavy atom. The van der Waals surface area contributed by atoms with Crippen molar-refractivity contribution in [3.05, 3.63) is 0 Å². The molecular weight excluding hydrogens is 308 g/mol. The number of rotatable bonds is 5. The van der Waals surface area contributed by atoms with E-state index in [-0.39, 0.29) is 11.5 Å². The van der Waals surface area contributed by atoms with Gasteiger partial charge in [0.1, 0.15) is 5.60 Å². The van der Waals surface area contributed by atoms with Crippen LogP contribution >= 0.6 is 0 Å². The van der Waals surface area contributed by atoms with Crippen molar-refractivity contribution >= 4 is 12.1 Å². The monoisotopic (exact) mass is 342 g/mol. The molecule has 140 valence electrons. The van der Waals surface area contributed by atoms with E-state index in [1.54, 1.807) is 12.0 Å². The van der Waals surface area contributed by atoms with Crippen molar-refractivity contribution in [3.63, 3.8) is 0 Å². The first-order valence-electron chi connectivity index (χ1n) is 8.56. The first kappa shape index (κ1) is 20.5. The first-order valence-corrected chi connectivity index (χ1v) is 8.56. The number of nitrogens with zero attached hydrogens (tertiary/aromatic N) is 3. The summed E-state index contributed by atoms with van der Waals surface area (Å²) in [5, 5.41) is 0. The topological polar surface area (TPSA) is 80.4 Å². The third kappa shape index (κ3) is 7.38. The van der Waals surface area contributed by atoms with Gasteiger partial charge in [0.25, 0.3) is 0 Å². The Morgan fingerprint density at radius 2 is 1.62 bits per heavy atom. The molecule has 1 saturated heterocycles. The zero-order chi connectivity index (χ0) is 18.4. The standard InChI is InChI=1S/C17H34N4O3/c1-16(2,3)24-15(22)21-10-8-20(9-11-21)14(18)19-13-17(4,5)7-12-23-6/h7-13H2,1-6H3,(H2,18,19). The SMILES string of the molecule is COCCC(C)(C)CN=C(N)N1CCN(C(=O)OC(C)(C)C)CC1. The van der Waals surface area contributed by atoms with Gasteiger partial charge in [-0.1, -0.05) is 13.8 Å². The third-order valence-electron chi connectivity index (χ3n) is 3.91. The number of methoxy groups -OCH3 is 1. The average Bonchev–Trinajstić information content (AvgIpc) is 2.49. The molecule has 0 aliphatic carbocycles. The lowest BCUT2D eigenvalue weighted by atomic mass is 9.90. The number of piperazine rings is 1. The van der Waals surface area contributed by atoms with E-state index in [9.17, 15) is 4.79 Å². The highest BCUT2D eigenvalue weighted by molar-refractivity contribution is 5.78. The van der Waals surface area contributed by atoms with Gasteiger partial charge in [-0.15, -0.1) is 0 Å². The van der Waals surface area contributed by atoms with Gasteiger partial charge in [0, 0.05) is 46.4 Å². The van der Waals surface area contributed by atoms with Crippen molar-refractivity contribution in [2.45, 2.75) is 46.6 Å². The fourth-order valence-electron chi connectivity index (χ4n) is 2.30. The van der Waals surface area contributed by atoms with Crippen LogP contribution in [0.15, 0.2) is 4.99 Å². The van der Waals surface area contributed by atoms with Crippen molar-refractivity contribution in [2.75, 3.05) is 46.4 Å². The number of ether oxygens (including phenoxy) is 2. The molecule has 0 atom stereocenters. The zero-order valence-electron chi connectivity index (χ0n) is 16.1. The molecule has 0 saturated carbocycles. The summed E-state index contributed by atoms with van der Waals surface area (Å²) < 4.78 is 10.5. The summed E-state index contributed by atoms with van der Waals surface area (Å²) in [6.07, 6.45) is 0.672. The highest BCUT2D eigenvalue weighted by Crippen LogP contribution is 2.20. The van der Waals surface area contributed by atoms with E-state index >= 15 is 0 Å². The molecule has 1 fully saturated rings. The molecule has 0 unspecified atom stereocenters. The summed E-state index contributed by atoms with van der Waals surface area (Å²) >= 11 is 0. The van der Waals surface area contributed by atoms with Crippen molar-refractivity contribution in [3.8, 4) is 0 Å². The number of carbonyl (C=O) groups excluding carboxylic acids is 1. The Morgan fingerprint density at radius 1 is 1.08 bits per heavy atom. The fraction of sp³-hybridized carbons (Fsp3) is 0.882. The minimum Gasteiger partial charge on any atom is -0.444 e. The maximum Gasteiger partial charge on any atom is 0.410 e. The molecule has 2 N–H and O–H groups in total. The highest BCUT2D eigenvalue weighted by Gasteiger charge is 2.26. The van der Waals surface area contributed by atoms with Crippen LogP contribution in [0.1, 0.15) is 41.0 Å². The lowest BCUT2D eigenvalue weighted by Crippen LogP contribution is -2.53. The van der Waals surface area contributed by atoms with Gasteiger partial charge in [-0.3, -0.25) is 4.99 Å². The highest BCUT2D eigenvalue weighted by atomic mass is 16.6. The van der Waals surface area contributed by atoms with Crippen LogP contribution in [0.2, 0.25) is 0 Å². The van der Waals surface area contributed by atoms with E-state index in [2.05, 4.69) is 18.8 Å². The number of carbonyl (C=O) groups is 1. The van der Waals surface area contributed by atoms with Gasteiger partial charge in [-0.25, -0.2) is 4.79 Å². The normalized spacial score (nSPS) is 17.2.